The highest BCUT2D eigenvalue weighted by molar-refractivity contribution is 7.80. The van der Waals surface area contributed by atoms with Gasteiger partial charge in [-0.3, -0.25) is 9.59 Å². The van der Waals surface area contributed by atoms with Crippen LogP contribution in [-0.2, 0) is 6.54 Å². The second kappa shape index (κ2) is 9.91. The molecule has 1 aliphatic carbocycles. The lowest BCUT2D eigenvalue weighted by atomic mass is 9.83. The molecule has 1 aromatic heterocycles. The van der Waals surface area contributed by atoms with E-state index in [1.165, 1.54) is 11.1 Å². The average molecular weight is 528 g/mol. The molecule has 38 heavy (non-hydrogen) atoms. The summed E-state index contributed by atoms with van der Waals surface area (Å²) in [5.74, 6) is 0.606. The minimum Gasteiger partial charge on any atom is -0.369 e. The summed E-state index contributed by atoms with van der Waals surface area (Å²) in [4.78, 5) is 27.7. The lowest BCUT2D eigenvalue weighted by Crippen LogP contribution is -2.47. The molecule has 3 aromatic rings. The number of carbonyl (C=O) groups is 1. The molecule has 8 heteroatoms. The molecule has 3 aliphatic rings. The van der Waals surface area contributed by atoms with E-state index in [2.05, 4.69) is 52.9 Å². The Bertz CT molecular complexity index is 1480. The van der Waals surface area contributed by atoms with Gasteiger partial charge in [-0.25, -0.2) is 0 Å². The lowest BCUT2D eigenvalue weighted by molar-refractivity contribution is 0.0951. The van der Waals surface area contributed by atoms with Crippen LogP contribution in [0.3, 0.4) is 0 Å². The van der Waals surface area contributed by atoms with E-state index in [4.69, 9.17) is 12.2 Å². The molecule has 2 unspecified atom stereocenters. The van der Waals surface area contributed by atoms with Crippen LogP contribution >= 0.6 is 12.2 Å². The van der Waals surface area contributed by atoms with Gasteiger partial charge in [0.1, 0.15) is 0 Å². The first kappa shape index (κ1) is 24.7. The number of aryl methyl sites for hydroxylation is 2. The number of thiocarbonyl (C=S) groups is 1. The molecule has 2 aliphatic heterocycles. The number of aromatic nitrogens is 1. The van der Waals surface area contributed by atoms with E-state index in [-0.39, 0.29) is 23.4 Å². The normalized spacial score (nSPS) is 19.9. The maximum absolute atomic E-state index is 12.9. The van der Waals surface area contributed by atoms with Crippen molar-refractivity contribution in [3.05, 3.63) is 87.3 Å². The zero-order valence-corrected chi connectivity index (χ0v) is 22.6. The van der Waals surface area contributed by atoms with E-state index in [1.807, 2.05) is 34.9 Å². The summed E-state index contributed by atoms with van der Waals surface area (Å²) >= 11 is 5.71. The van der Waals surface area contributed by atoms with E-state index >= 15 is 0 Å². The van der Waals surface area contributed by atoms with Gasteiger partial charge in [0.25, 0.3) is 11.5 Å². The van der Waals surface area contributed by atoms with Gasteiger partial charge in [-0.05, 0) is 98.8 Å². The van der Waals surface area contributed by atoms with Crippen molar-refractivity contribution in [1.82, 2.24) is 9.88 Å². The third kappa shape index (κ3) is 5.05. The Morgan fingerprint density at radius 3 is 2.58 bits per heavy atom. The van der Waals surface area contributed by atoms with Gasteiger partial charge < -0.3 is 25.4 Å². The molecule has 1 saturated heterocycles. The molecular formula is C30H33N5O2S. The topological polar surface area (TPSA) is 78.4 Å². The molecule has 0 spiro atoms. The number of hydrogen-bond acceptors (Lipinski definition) is 4. The largest absolute Gasteiger partial charge is 0.369 e. The minimum atomic E-state index is -0.0565. The van der Waals surface area contributed by atoms with Crippen LogP contribution in [0.4, 0.5) is 17.1 Å². The van der Waals surface area contributed by atoms with Crippen molar-refractivity contribution in [3.63, 3.8) is 0 Å². The SMILES string of the molecule is Cc1ccc(NC(=S)Nc2cc(C(=O)NC3CC3)ccc2N2CC3CC(C2)c2cccc(=O)n2C3)cc1C. The van der Waals surface area contributed by atoms with Gasteiger partial charge in [-0.1, -0.05) is 12.1 Å². The van der Waals surface area contributed by atoms with Crippen molar-refractivity contribution in [1.29, 1.82) is 0 Å². The predicted octanol–water partition coefficient (Wildman–Crippen LogP) is 4.79. The number of carbonyl (C=O) groups excluding carboxylic acids is 1. The number of piperidine rings is 1. The number of hydrogen-bond donors (Lipinski definition) is 3. The van der Waals surface area contributed by atoms with Crippen LogP contribution in [-0.4, -0.2) is 34.7 Å². The average Bonchev–Trinajstić information content (AvgIpc) is 3.71. The van der Waals surface area contributed by atoms with E-state index in [9.17, 15) is 9.59 Å². The van der Waals surface area contributed by atoms with Crippen molar-refractivity contribution < 1.29 is 4.79 Å². The van der Waals surface area contributed by atoms with Gasteiger partial charge in [0, 0.05) is 54.6 Å². The Balaban J connectivity index is 1.28. The smallest absolute Gasteiger partial charge is 0.251 e. The van der Waals surface area contributed by atoms with Crippen molar-refractivity contribution in [3.8, 4) is 0 Å². The van der Waals surface area contributed by atoms with E-state index < -0.39 is 0 Å². The molecule has 3 heterocycles. The second-order valence-electron chi connectivity index (χ2n) is 11.0. The van der Waals surface area contributed by atoms with E-state index in [0.29, 0.717) is 16.6 Å². The molecule has 3 N–H and O–H groups in total. The van der Waals surface area contributed by atoms with Gasteiger partial charge >= 0.3 is 0 Å². The highest BCUT2D eigenvalue weighted by atomic mass is 32.1. The number of anilines is 3. The van der Waals surface area contributed by atoms with Crippen molar-refractivity contribution in [2.24, 2.45) is 5.92 Å². The zero-order chi connectivity index (χ0) is 26.4. The number of fused-ring (bicyclic) bond motifs is 4. The zero-order valence-electron chi connectivity index (χ0n) is 21.8. The standard InChI is InChI=1S/C30H33N5O2S/c1-18-6-8-24(12-19(18)2)32-30(38)33-25-14-21(29(37)31-23-9-10-23)7-11-27(25)34-15-20-13-22(17-34)26-4-3-5-28(36)35(26)16-20/h3-8,11-12,14,20,22-23H,9-10,13,15-17H2,1-2H3,(H,31,37)(H2,32,33,38). The first-order chi connectivity index (χ1) is 18.3. The molecular weight excluding hydrogens is 494 g/mol. The third-order valence-electron chi connectivity index (χ3n) is 8.00. The summed E-state index contributed by atoms with van der Waals surface area (Å²) in [6.07, 6.45) is 3.16. The number of pyridine rings is 1. The van der Waals surface area contributed by atoms with Gasteiger partial charge in [0.15, 0.2) is 5.11 Å². The highest BCUT2D eigenvalue weighted by Gasteiger charge is 2.35. The fourth-order valence-electron chi connectivity index (χ4n) is 5.75. The number of nitrogens with one attached hydrogen (secondary N) is 3. The summed E-state index contributed by atoms with van der Waals surface area (Å²) in [6, 6.07) is 17.9. The fourth-order valence-corrected chi connectivity index (χ4v) is 5.97. The molecule has 7 nitrogen and oxygen atoms in total. The summed E-state index contributed by atoms with van der Waals surface area (Å²) in [6.45, 7) is 6.55. The summed E-state index contributed by atoms with van der Waals surface area (Å²) < 4.78 is 1.95. The van der Waals surface area contributed by atoms with Gasteiger partial charge in [-0.15, -0.1) is 0 Å². The number of nitrogens with zero attached hydrogens (tertiary/aromatic N) is 2. The Hall–Kier alpha value is -3.65. The Kier molecular flexibility index (Phi) is 6.43. The quantitative estimate of drug-likeness (QED) is 0.414. The number of amides is 1. The van der Waals surface area contributed by atoms with Crippen LogP contribution in [0.2, 0.25) is 0 Å². The molecule has 1 saturated carbocycles. The van der Waals surface area contributed by atoms with Crippen molar-refractivity contribution in [2.75, 3.05) is 28.6 Å². The van der Waals surface area contributed by atoms with Gasteiger partial charge in [0.2, 0.25) is 0 Å². The Morgan fingerprint density at radius 2 is 1.79 bits per heavy atom. The highest BCUT2D eigenvalue weighted by Crippen LogP contribution is 2.39. The summed E-state index contributed by atoms with van der Waals surface area (Å²) in [5.41, 5.74) is 6.97. The maximum Gasteiger partial charge on any atom is 0.251 e. The summed E-state index contributed by atoms with van der Waals surface area (Å²) in [5, 5.41) is 10.3. The van der Waals surface area contributed by atoms with Gasteiger partial charge in [0.05, 0.1) is 11.4 Å². The minimum absolute atomic E-state index is 0.0565. The van der Waals surface area contributed by atoms with Crippen molar-refractivity contribution in [2.45, 2.75) is 51.6 Å². The number of benzene rings is 2. The molecule has 0 radical (unpaired) electrons. The molecule has 2 aromatic carbocycles. The van der Waals surface area contributed by atoms with Crippen molar-refractivity contribution >= 4 is 40.3 Å². The molecule has 196 valence electrons. The van der Waals surface area contributed by atoms with Crippen LogP contribution in [0, 0.1) is 19.8 Å². The Morgan fingerprint density at radius 1 is 0.947 bits per heavy atom. The molecule has 2 atom stereocenters. The van der Waals surface area contributed by atoms with Crippen LogP contribution in [0.5, 0.6) is 0 Å². The van der Waals surface area contributed by atoms with Crippen LogP contribution in [0.15, 0.2) is 59.4 Å². The Labute approximate surface area is 228 Å². The van der Waals surface area contributed by atoms with Crippen LogP contribution < -0.4 is 26.4 Å². The number of rotatable bonds is 5. The van der Waals surface area contributed by atoms with Crippen LogP contribution in [0.1, 0.15) is 52.4 Å². The molecule has 1 amide bonds. The van der Waals surface area contributed by atoms with Gasteiger partial charge in [-0.2, -0.15) is 0 Å². The molecule has 2 fully saturated rings. The molecule has 6 rings (SSSR count). The predicted molar refractivity (Wildman–Crippen MR) is 156 cm³/mol. The summed E-state index contributed by atoms with van der Waals surface area (Å²) in [7, 11) is 0. The fraction of sp³-hybridized carbons (Fsp3) is 0.367. The van der Waals surface area contributed by atoms with E-state index in [1.54, 1.807) is 6.07 Å². The monoisotopic (exact) mass is 527 g/mol. The maximum atomic E-state index is 12.9. The third-order valence-corrected chi connectivity index (χ3v) is 8.21. The first-order valence-corrected chi connectivity index (χ1v) is 13.8. The molecule has 2 bridgehead atoms. The lowest BCUT2D eigenvalue weighted by Gasteiger charge is -2.44. The first-order valence-electron chi connectivity index (χ1n) is 13.4. The van der Waals surface area contributed by atoms with E-state index in [0.717, 1.165) is 61.7 Å². The second-order valence-corrected chi connectivity index (χ2v) is 11.4. The van der Waals surface area contributed by atoms with Crippen LogP contribution in [0.25, 0.3) is 0 Å².